The number of hydrogen-bond donors (Lipinski definition) is 1. The van der Waals surface area contributed by atoms with E-state index in [1.54, 1.807) is 12.1 Å². The lowest BCUT2D eigenvalue weighted by molar-refractivity contribution is -0.135. The zero-order valence-electron chi connectivity index (χ0n) is 16.7. The van der Waals surface area contributed by atoms with Crippen LogP contribution in [0.25, 0.3) is 0 Å². The third kappa shape index (κ3) is 5.38. The van der Waals surface area contributed by atoms with E-state index in [2.05, 4.69) is 23.6 Å². The minimum absolute atomic E-state index is 0.0360. The summed E-state index contributed by atoms with van der Waals surface area (Å²) in [7, 11) is -3.02. The topological polar surface area (TPSA) is 81.2 Å². The number of carbonyl (C=O) groups is 1. The Morgan fingerprint density at radius 1 is 1.18 bits per heavy atom. The molecule has 0 saturated carbocycles. The third-order valence-electron chi connectivity index (χ3n) is 5.48. The summed E-state index contributed by atoms with van der Waals surface area (Å²) in [4.78, 5) is 19.2. The van der Waals surface area contributed by atoms with Crippen molar-refractivity contribution in [1.29, 1.82) is 0 Å². The van der Waals surface area contributed by atoms with Crippen molar-refractivity contribution in [3.8, 4) is 5.75 Å². The minimum atomic E-state index is -3.02. The molecular formula is C20H31N3O4S. The molecule has 2 aliphatic rings. The second kappa shape index (κ2) is 8.69. The Bertz CT molecular complexity index is 771. The SMILES string of the molecule is CC(C)CN(C(=O)CN1CCN(c2ccc(O)cc2)CC1)[C@@H]1CCS(=O)(=O)C1. The molecule has 3 rings (SSSR count). The van der Waals surface area contributed by atoms with E-state index in [9.17, 15) is 18.3 Å². The summed E-state index contributed by atoms with van der Waals surface area (Å²) in [6, 6.07) is 7.00. The van der Waals surface area contributed by atoms with Crippen LogP contribution in [0.5, 0.6) is 5.75 Å². The van der Waals surface area contributed by atoms with Crippen molar-refractivity contribution in [1.82, 2.24) is 9.80 Å². The fourth-order valence-corrected chi connectivity index (χ4v) is 5.71. The lowest BCUT2D eigenvalue weighted by atomic mass is 10.1. The van der Waals surface area contributed by atoms with Crippen molar-refractivity contribution < 1.29 is 18.3 Å². The first-order chi connectivity index (χ1) is 13.2. The van der Waals surface area contributed by atoms with Crippen molar-refractivity contribution in [2.24, 2.45) is 5.92 Å². The first-order valence-electron chi connectivity index (χ1n) is 10.00. The molecule has 1 aromatic carbocycles. The van der Waals surface area contributed by atoms with Crippen LogP contribution in [0.4, 0.5) is 5.69 Å². The molecule has 0 unspecified atom stereocenters. The molecule has 8 heteroatoms. The molecule has 2 saturated heterocycles. The van der Waals surface area contributed by atoms with Gasteiger partial charge in [0.2, 0.25) is 5.91 Å². The van der Waals surface area contributed by atoms with Crippen molar-refractivity contribution in [2.75, 3.05) is 55.7 Å². The molecular weight excluding hydrogens is 378 g/mol. The molecule has 0 spiro atoms. The number of aromatic hydroxyl groups is 1. The van der Waals surface area contributed by atoms with Gasteiger partial charge in [-0.1, -0.05) is 13.8 Å². The van der Waals surface area contributed by atoms with Crippen molar-refractivity contribution >= 4 is 21.4 Å². The summed E-state index contributed by atoms with van der Waals surface area (Å²) in [6.07, 6.45) is 0.551. The molecule has 156 valence electrons. The fraction of sp³-hybridized carbons (Fsp3) is 0.650. The van der Waals surface area contributed by atoms with E-state index in [1.165, 1.54) is 0 Å². The summed E-state index contributed by atoms with van der Waals surface area (Å²) < 4.78 is 23.7. The van der Waals surface area contributed by atoms with Gasteiger partial charge in [0.15, 0.2) is 9.84 Å². The Morgan fingerprint density at radius 3 is 2.36 bits per heavy atom. The van der Waals surface area contributed by atoms with Gasteiger partial charge in [-0.05, 0) is 36.6 Å². The number of hydrogen-bond acceptors (Lipinski definition) is 6. The van der Waals surface area contributed by atoms with Crippen LogP contribution in [0.3, 0.4) is 0 Å². The maximum absolute atomic E-state index is 13.0. The molecule has 1 atom stereocenters. The predicted molar refractivity (Wildman–Crippen MR) is 110 cm³/mol. The Balaban J connectivity index is 1.56. The Kier molecular flexibility index (Phi) is 6.50. The number of phenolic OH excluding ortho intramolecular Hbond substituents is 1. The Labute approximate surface area is 167 Å². The molecule has 0 aliphatic carbocycles. The highest BCUT2D eigenvalue weighted by molar-refractivity contribution is 7.91. The quantitative estimate of drug-likeness (QED) is 0.760. The van der Waals surface area contributed by atoms with Gasteiger partial charge in [0.05, 0.1) is 18.1 Å². The van der Waals surface area contributed by atoms with Crippen molar-refractivity contribution in [2.45, 2.75) is 26.3 Å². The third-order valence-corrected chi connectivity index (χ3v) is 7.23. The van der Waals surface area contributed by atoms with Crippen LogP contribution < -0.4 is 4.90 Å². The molecule has 0 aromatic heterocycles. The molecule has 2 aliphatic heterocycles. The van der Waals surface area contributed by atoms with E-state index < -0.39 is 9.84 Å². The van der Waals surface area contributed by atoms with E-state index in [0.717, 1.165) is 31.9 Å². The zero-order valence-corrected chi connectivity index (χ0v) is 17.6. The number of rotatable bonds is 6. The van der Waals surface area contributed by atoms with Crippen LogP contribution in [0.1, 0.15) is 20.3 Å². The molecule has 7 nitrogen and oxygen atoms in total. The maximum atomic E-state index is 13.0. The number of amides is 1. The Morgan fingerprint density at radius 2 is 1.82 bits per heavy atom. The molecule has 1 aromatic rings. The lowest BCUT2D eigenvalue weighted by Gasteiger charge is -2.37. The van der Waals surface area contributed by atoms with Gasteiger partial charge in [0, 0.05) is 44.5 Å². The molecule has 0 radical (unpaired) electrons. The maximum Gasteiger partial charge on any atom is 0.237 e. The van der Waals surface area contributed by atoms with Crippen LogP contribution >= 0.6 is 0 Å². The number of anilines is 1. The molecule has 28 heavy (non-hydrogen) atoms. The number of carbonyl (C=O) groups excluding carboxylic acids is 1. The second-order valence-corrected chi connectivity index (χ2v) is 10.5. The van der Waals surface area contributed by atoms with Crippen LogP contribution in [0.2, 0.25) is 0 Å². The lowest BCUT2D eigenvalue weighted by Crippen LogP contribution is -2.52. The smallest absolute Gasteiger partial charge is 0.237 e. The van der Waals surface area contributed by atoms with Crippen LogP contribution in [-0.2, 0) is 14.6 Å². The number of benzene rings is 1. The molecule has 1 N–H and O–H groups in total. The number of nitrogens with zero attached hydrogens (tertiary/aromatic N) is 3. The predicted octanol–water partition coefficient (Wildman–Crippen LogP) is 1.19. The van der Waals surface area contributed by atoms with E-state index in [0.29, 0.717) is 25.4 Å². The summed E-state index contributed by atoms with van der Waals surface area (Å²) in [5.74, 6) is 0.880. The highest BCUT2D eigenvalue weighted by Crippen LogP contribution is 2.21. The average molecular weight is 410 g/mol. The van der Waals surface area contributed by atoms with E-state index in [-0.39, 0.29) is 29.2 Å². The van der Waals surface area contributed by atoms with Gasteiger partial charge in [-0.2, -0.15) is 0 Å². The average Bonchev–Trinajstić information content (AvgIpc) is 3.00. The summed E-state index contributed by atoms with van der Waals surface area (Å²) >= 11 is 0. The summed E-state index contributed by atoms with van der Waals surface area (Å²) in [5.41, 5.74) is 1.07. The monoisotopic (exact) mass is 409 g/mol. The number of phenols is 1. The molecule has 2 heterocycles. The zero-order chi connectivity index (χ0) is 20.3. The highest BCUT2D eigenvalue weighted by atomic mass is 32.2. The van der Waals surface area contributed by atoms with E-state index >= 15 is 0 Å². The van der Waals surface area contributed by atoms with Gasteiger partial charge in [-0.15, -0.1) is 0 Å². The standard InChI is InChI=1S/C20H31N3O4S/c1-16(2)13-23(18-7-12-28(26,27)15-18)20(25)14-21-8-10-22(11-9-21)17-3-5-19(24)6-4-17/h3-6,16,18,24H,7-15H2,1-2H3/t18-/m1/s1. The highest BCUT2D eigenvalue weighted by Gasteiger charge is 2.35. The van der Waals surface area contributed by atoms with E-state index in [1.807, 2.05) is 17.0 Å². The van der Waals surface area contributed by atoms with E-state index in [4.69, 9.17) is 0 Å². The van der Waals surface area contributed by atoms with Gasteiger partial charge in [-0.25, -0.2) is 8.42 Å². The number of piperazine rings is 1. The van der Waals surface area contributed by atoms with Crippen LogP contribution in [0, 0.1) is 5.92 Å². The largest absolute Gasteiger partial charge is 0.508 e. The molecule has 1 amide bonds. The van der Waals surface area contributed by atoms with Gasteiger partial charge in [0.1, 0.15) is 5.75 Å². The van der Waals surface area contributed by atoms with Gasteiger partial charge < -0.3 is 14.9 Å². The fourth-order valence-electron chi connectivity index (χ4n) is 3.98. The van der Waals surface area contributed by atoms with Gasteiger partial charge >= 0.3 is 0 Å². The summed E-state index contributed by atoms with van der Waals surface area (Å²) in [5, 5.41) is 9.43. The molecule has 0 bridgehead atoms. The Hall–Kier alpha value is -1.80. The van der Waals surface area contributed by atoms with Crippen molar-refractivity contribution in [3.05, 3.63) is 24.3 Å². The van der Waals surface area contributed by atoms with Crippen molar-refractivity contribution in [3.63, 3.8) is 0 Å². The normalized spacial score (nSPS) is 22.5. The first kappa shape index (κ1) is 20.9. The molecule has 2 fully saturated rings. The second-order valence-electron chi connectivity index (χ2n) is 8.28. The first-order valence-corrected chi connectivity index (χ1v) is 11.8. The van der Waals surface area contributed by atoms with Crippen LogP contribution in [-0.4, -0.2) is 86.0 Å². The minimum Gasteiger partial charge on any atom is -0.508 e. The van der Waals surface area contributed by atoms with Gasteiger partial charge in [0.25, 0.3) is 0 Å². The summed E-state index contributed by atoms with van der Waals surface area (Å²) in [6.45, 7) is 8.26. The van der Waals surface area contributed by atoms with Gasteiger partial charge in [-0.3, -0.25) is 9.69 Å². The number of sulfone groups is 1. The van der Waals surface area contributed by atoms with Crippen LogP contribution in [0.15, 0.2) is 24.3 Å².